The third kappa shape index (κ3) is 4.33. The van der Waals surface area contributed by atoms with Crippen molar-refractivity contribution in [3.05, 3.63) is 65.5 Å². The van der Waals surface area contributed by atoms with Crippen molar-refractivity contribution in [2.45, 2.75) is 13.5 Å². The van der Waals surface area contributed by atoms with E-state index in [4.69, 9.17) is 0 Å². The van der Waals surface area contributed by atoms with Crippen LogP contribution in [0.3, 0.4) is 0 Å². The van der Waals surface area contributed by atoms with Crippen LogP contribution in [-0.2, 0) is 16.8 Å². The van der Waals surface area contributed by atoms with E-state index in [0.29, 0.717) is 11.6 Å². The minimum Gasteiger partial charge on any atom is -0.268 e. The van der Waals surface area contributed by atoms with E-state index in [1.54, 1.807) is 25.3 Å². The van der Waals surface area contributed by atoms with Crippen LogP contribution in [0.5, 0.6) is 0 Å². The van der Waals surface area contributed by atoms with E-state index < -0.39 is 27.8 Å². The second kappa shape index (κ2) is 7.45. The highest BCUT2D eigenvalue weighted by atomic mass is 32.2. The molecule has 1 aromatic heterocycles. The molecule has 1 amide bonds. The van der Waals surface area contributed by atoms with Gasteiger partial charge >= 0.3 is 10.2 Å². The summed E-state index contributed by atoms with van der Waals surface area (Å²) in [6.45, 7) is 1.73. The predicted molar refractivity (Wildman–Crippen MR) is 83.1 cm³/mol. The number of aromatic nitrogens is 1. The first kappa shape index (κ1) is 18.0. The predicted octanol–water partition coefficient (Wildman–Crippen LogP) is 1.86. The van der Waals surface area contributed by atoms with E-state index in [1.165, 1.54) is 6.20 Å². The molecule has 9 heteroatoms. The number of benzene rings is 1. The lowest BCUT2D eigenvalue weighted by molar-refractivity contribution is 0.0978. The number of hydrogen-bond acceptors (Lipinski definition) is 4. The van der Waals surface area contributed by atoms with E-state index in [1.807, 2.05) is 4.72 Å². The molecule has 128 valence electrons. The Balaban J connectivity index is 2.15. The lowest BCUT2D eigenvalue weighted by Crippen LogP contribution is -2.43. The molecule has 6 nitrogen and oxygen atoms in total. The molecule has 0 saturated carbocycles. The largest absolute Gasteiger partial charge is 0.304 e. The van der Waals surface area contributed by atoms with Gasteiger partial charge < -0.3 is 0 Å². The molecule has 0 aliphatic rings. The van der Waals surface area contributed by atoms with E-state index in [2.05, 4.69) is 4.98 Å². The second-order valence-electron chi connectivity index (χ2n) is 4.85. The Bertz CT molecular complexity index is 829. The van der Waals surface area contributed by atoms with Gasteiger partial charge in [0.1, 0.15) is 0 Å². The average Bonchev–Trinajstić information content (AvgIpc) is 2.55. The van der Waals surface area contributed by atoms with Gasteiger partial charge in [0.25, 0.3) is 5.91 Å². The number of nitrogens with zero attached hydrogens (tertiary/aromatic N) is 2. The maximum Gasteiger partial charge on any atom is 0.304 e. The topological polar surface area (TPSA) is 79.4 Å². The minimum absolute atomic E-state index is 0.0186. The zero-order valence-electron chi connectivity index (χ0n) is 12.7. The fourth-order valence-corrected chi connectivity index (χ4v) is 3.08. The van der Waals surface area contributed by atoms with Crippen molar-refractivity contribution in [3.63, 3.8) is 0 Å². The third-order valence-electron chi connectivity index (χ3n) is 3.18. The van der Waals surface area contributed by atoms with Crippen molar-refractivity contribution in [2.24, 2.45) is 0 Å². The molecule has 2 rings (SSSR count). The summed E-state index contributed by atoms with van der Waals surface area (Å²) in [6, 6.07) is 5.75. The number of carbonyl (C=O) groups excluding carboxylic acids is 1. The minimum atomic E-state index is -4.15. The van der Waals surface area contributed by atoms with Gasteiger partial charge in [-0.25, -0.2) is 13.5 Å². The Morgan fingerprint density at radius 3 is 2.58 bits per heavy atom. The van der Waals surface area contributed by atoms with E-state index in [0.717, 1.165) is 16.4 Å². The molecule has 1 N–H and O–H groups in total. The number of rotatable bonds is 6. The van der Waals surface area contributed by atoms with Crippen LogP contribution in [0.2, 0.25) is 0 Å². The molecule has 0 spiro atoms. The Kier molecular flexibility index (Phi) is 5.58. The summed E-state index contributed by atoms with van der Waals surface area (Å²) in [5.74, 6) is -3.40. The van der Waals surface area contributed by atoms with Gasteiger partial charge in [-0.15, -0.1) is 0 Å². The van der Waals surface area contributed by atoms with Crippen LogP contribution < -0.4 is 4.72 Å². The number of halogens is 2. The molecular weight excluding hydrogens is 340 g/mol. The molecule has 0 unspecified atom stereocenters. The Morgan fingerprint density at radius 2 is 2.00 bits per heavy atom. The van der Waals surface area contributed by atoms with Gasteiger partial charge in [0, 0.05) is 31.0 Å². The van der Waals surface area contributed by atoms with Crippen molar-refractivity contribution in [1.29, 1.82) is 0 Å². The molecule has 0 fully saturated rings. The molecule has 0 bridgehead atoms. The number of amides is 1. The van der Waals surface area contributed by atoms with Crippen molar-refractivity contribution < 1.29 is 22.0 Å². The van der Waals surface area contributed by atoms with Crippen molar-refractivity contribution in [2.75, 3.05) is 6.54 Å². The summed E-state index contributed by atoms with van der Waals surface area (Å²) in [6.07, 6.45) is 3.06. The van der Waals surface area contributed by atoms with Crippen LogP contribution in [0, 0.1) is 11.6 Å². The monoisotopic (exact) mass is 355 g/mol. The third-order valence-corrected chi connectivity index (χ3v) is 4.69. The maximum atomic E-state index is 13.2. The van der Waals surface area contributed by atoms with Gasteiger partial charge in [-0.1, -0.05) is 13.0 Å². The van der Waals surface area contributed by atoms with Gasteiger partial charge in [-0.2, -0.15) is 12.7 Å². The Hall–Kier alpha value is -2.39. The number of carbonyl (C=O) groups is 1. The van der Waals surface area contributed by atoms with E-state index in [9.17, 15) is 22.0 Å². The molecule has 1 heterocycles. The zero-order chi connectivity index (χ0) is 17.7. The number of hydrogen-bond donors (Lipinski definition) is 1. The van der Waals surface area contributed by atoms with E-state index >= 15 is 0 Å². The highest BCUT2D eigenvalue weighted by molar-refractivity contribution is 7.87. The second-order valence-corrected chi connectivity index (χ2v) is 6.52. The van der Waals surface area contributed by atoms with Gasteiger partial charge in [0.15, 0.2) is 11.6 Å². The zero-order valence-corrected chi connectivity index (χ0v) is 13.6. The molecule has 0 aliphatic heterocycles. The maximum absolute atomic E-state index is 13.2. The SMILES string of the molecule is CCN(Cc1cccnc1)S(=O)(=O)NC(=O)c1ccc(F)c(F)c1. The number of pyridine rings is 1. The highest BCUT2D eigenvalue weighted by Gasteiger charge is 2.24. The molecule has 0 radical (unpaired) electrons. The van der Waals surface area contributed by atoms with Crippen LogP contribution in [-0.4, -0.2) is 30.2 Å². The molecule has 1 aromatic carbocycles. The highest BCUT2D eigenvalue weighted by Crippen LogP contribution is 2.11. The summed E-state index contributed by atoms with van der Waals surface area (Å²) in [4.78, 5) is 15.9. The quantitative estimate of drug-likeness (QED) is 0.858. The molecule has 0 saturated heterocycles. The van der Waals surface area contributed by atoms with E-state index in [-0.39, 0.29) is 18.7 Å². The van der Waals surface area contributed by atoms with Crippen molar-refractivity contribution >= 4 is 16.1 Å². The van der Waals surface area contributed by atoms with Crippen LogP contribution >= 0.6 is 0 Å². The van der Waals surface area contributed by atoms with Crippen molar-refractivity contribution in [3.8, 4) is 0 Å². The standard InChI is InChI=1S/C15H15F2N3O3S/c1-2-20(10-11-4-3-7-18-9-11)24(22,23)19-15(21)12-5-6-13(16)14(17)8-12/h3-9H,2,10H2,1H3,(H,19,21). The van der Waals surface area contributed by atoms with Gasteiger partial charge in [0.2, 0.25) is 0 Å². The van der Waals surface area contributed by atoms with Crippen LogP contribution in [0.1, 0.15) is 22.8 Å². The number of nitrogens with one attached hydrogen (secondary N) is 1. The fourth-order valence-electron chi connectivity index (χ4n) is 1.94. The van der Waals surface area contributed by atoms with Gasteiger partial charge in [-0.05, 0) is 29.8 Å². The summed E-state index contributed by atoms with van der Waals surface area (Å²) < 4.78 is 53.5. The lowest BCUT2D eigenvalue weighted by atomic mass is 10.2. The summed E-state index contributed by atoms with van der Waals surface area (Å²) in [5.41, 5.74) is 0.347. The van der Waals surface area contributed by atoms with Crippen LogP contribution in [0.15, 0.2) is 42.7 Å². The molecule has 2 aromatic rings. The molecular formula is C15H15F2N3O3S. The van der Waals surface area contributed by atoms with Gasteiger partial charge in [-0.3, -0.25) is 9.78 Å². The fraction of sp³-hybridized carbons (Fsp3) is 0.200. The first-order valence-corrected chi connectivity index (χ1v) is 8.43. The Labute approximate surface area is 138 Å². The molecule has 0 atom stereocenters. The van der Waals surface area contributed by atoms with Gasteiger partial charge in [0.05, 0.1) is 0 Å². The first-order valence-electron chi connectivity index (χ1n) is 6.99. The lowest BCUT2D eigenvalue weighted by Gasteiger charge is -2.20. The van der Waals surface area contributed by atoms with Crippen LogP contribution in [0.4, 0.5) is 8.78 Å². The summed E-state index contributed by atoms with van der Waals surface area (Å²) in [5, 5.41) is 0. The summed E-state index contributed by atoms with van der Waals surface area (Å²) >= 11 is 0. The molecule has 0 aliphatic carbocycles. The molecule has 24 heavy (non-hydrogen) atoms. The first-order chi connectivity index (χ1) is 11.3. The summed E-state index contributed by atoms with van der Waals surface area (Å²) in [7, 11) is -4.15. The normalized spacial score (nSPS) is 11.5. The van der Waals surface area contributed by atoms with Crippen molar-refractivity contribution in [1.82, 2.24) is 14.0 Å². The smallest absolute Gasteiger partial charge is 0.268 e. The van der Waals surface area contributed by atoms with Crippen LogP contribution in [0.25, 0.3) is 0 Å². The average molecular weight is 355 g/mol. The Morgan fingerprint density at radius 1 is 1.25 bits per heavy atom.